The van der Waals surface area contributed by atoms with E-state index in [1.807, 2.05) is 42.5 Å². The van der Waals surface area contributed by atoms with Gasteiger partial charge in [0.15, 0.2) is 0 Å². The molecule has 4 rings (SSSR count). The molecule has 0 aliphatic heterocycles. The lowest BCUT2D eigenvalue weighted by atomic mass is 10.1. The first-order valence-corrected chi connectivity index (χ1v) is 9.99. The van der Waals surface area contributed by atoms with Gasteiger partial charge in [-0.05, 0) is 23.3 Å². The van der Waals surface area contributed by atoms with Crippen LogP contribution in [0.4, 0.5) is 0 Å². The Balaban J connectivity index is 1.42. The van der Waals surface area contributed by atoms with Crippen LogP contribution in [0.5, 0.6) is 5.75 Å². The topological polar surface area (TPSA) is 81.3 Å². The summed E-state index contributed by atoms with van der Waals surface area (Å²) in [6.07, 6.45) is -0.682. The zero-order valence-electron chi connectivity index (χ0n) is 16.6. The van der Waals surface area contributed by atoms with E-state index in [-0.39, 0.29) is 12.3 Å². The number of hydrogen-bond donors (Lipinski definition) is 3. The van der Waals surface area contributed by atoms with Gasteiger partial charge in [0.05, 0.1) is 5.52 Å². The van der Waals surface area contributed by atoms with Crippen molar-refractivity contribution in [3.63, 3.8) is 0 Å². The van der Waals surface area contributed by atoms with Gasteiger partial charge in [0.2, 0.25) is 0 Å². The van der Waals surface area contributed by atoms with E-state index < -0.39 is 6.10 Å². The normalized spacial score (nSPS) is 12.3. The number of ether oxygens (including phenoxy) is 1. The number of imidazole rings is 1. The van der Waals surface area contributed by atoms with Gasteiger partial charge in [0.1, 0.15) is 24.0 Å². The molecule has 6 heteroatoms. The Hall–Kier alpha value is -3.35. The molecule has 154 valence electrons. The van der Waals surface area contributed by atoms with Crippen molar-refractivity contribution >= 4 is 11.0 Å². The van der Waals surface area contributed by atoms with Crippen LogP contribution < -0.4 is 10.4 Å². The monoisotopic (exact) mass is 403 g/mol. The molecular weight excluding hydrogens is 378 g/mol. The van der Waals surface area contributed by atoms with Crippen molar-refractivity contribution < 1.29 is 9.84 Å². The number of aliphatic hydroxyl groups is 1. The predicted octanol–water partition coefficient (Wildman–Crippen LogP) is 3.30. The summed E-state index contributed by atoms with van der Waals surface area (Å²) in [6.45, 7) is 2.05. The molecule has 1 atom stereocenters. The Morgan fingerprint density at radius 1 is 0.833 bits per heavy atom. The van der Waals surface area contributed by atoms with Gasteiger partial charge in [-0.1, -0.05) is 66.7 Å². The zero-order valence-corrected chi connectivity index (χ0v) is 16.6. The number of hydrogen-bond acceptors (Lipinski definition) is 4. The lowest BCUT2D eigenvalue weighted by Crippen LogP contribution is -2.35. The molecule has 0 aliphatic rings. The van der Waals surface area contributed by atoms with E-state index in [9.17, 15) is 9.90 Å². The van der Waals surface area contributed by atoms with Crippen LogP contribution in [0.25, 0.3) is 11.0 Å². The summed E-state index contributed by atoms with van der Waals surface area (Å²) >= 11 is 0. The number of para-hydroxylation sites is 1. The van der Waals surface area contributed by atoms with Crippen molar-refractivity contribution in [2.24, 2.45) is 0 Å². The zero-order chi connectivity index (χ0) is 20.8. The highest BCUT2D eigenvalue weighted by molar-refractivity contribution is 5.80. The maximum Gasteiger partial charge on any atom is 0.323 e. The van der Waals surface area contributed by atoms with Crippen molar-refractivity contribution in [2.75, 3.05) is 13.2 Å². The highest BCUT2D eigenvalue weighted by atomic mass is 16.5. The number of aromatic amines is 2. The molecule has 0 amide bonds. The molecule has 3 aromatic carbocycles. The fraction of sp³-hybridized carbons (Fsp3) is 0.208. The third kappa shape index (κ3) is 5.17. The maximum atomic E-state index is 11.5. The first kappa shape index (κ1) is 19.9. The second-order valence-electron chi connectivity index (χ2n) is 7.36. The molecule has 4 aromatic rings. The molecule has 0 unspecified atom stereocenters. The Morgan fingerprint density at radius 3 is 2.10 bits per heavy atom. The number of nitrogens with one attached hydrogen (secondary N) is 2. The van der Waals surface area contributed by atoms with Crippen molar-refractivity contribution in [1.29, 1.82) is 0 Å². The van der Waals surface area contributed by atoms with Crippen LogP contribution in [0.2, 0.25) is 0 Å². The summed E-state index contributed by atoms with van der Waals surface area (Å²) in [5.41, 5.74) is 3.40. The van der Waals surface area contributed by atoms with Crippen molar-refractivity contribution in [2.45, 2.75) is 19.2 Å². The first-order chi connectivity index (χ1) is 14.7. The first-order valence-electron chi connectivity index (χ1n) is 9.99. The standard InChI is InChI=1S/C24H25N3O3/c28-20(17-30-22-13-7-12-21-23(22)26-24(29)25-21)16-27(14-18-8-3-1-4-9-18)15-19-10-5-2-6-11-19/h1-13,20,28H,14-17H2,(H2,25,26,29)/t20-/m0/s1. The van der Waals surface area contributed by atoms with E-state index in [0.717, 1.165) is 13.1 Å². The Morgan fingerprint density at radius 2 is 1.47 bits per heavy atom. The fourth-order valence-electron chi connectivity index (χ4n) is 3.56. The SMILES string of the molecule is O=c1[nH]c2cccc(OC[C@@H](O)CN(Cc3ccccc3)Cc3ccccc3)c2[nH]1. The number of benzene rings is 3. The summed E-state index contributed by atoms with van der Waals surface area (Å²) in [4.78, 5) is 19.2. The maximum absolute atomic E-state index is 11.5. The average molecular weight is 403 g/mol. The van der Waals surface area contributed by atoms with Crippen LogP contribution in [-0.2, 0) is 13.1 Å². The molecule has 3 N–H and O–H groups in total. The minimum absolute atomic E-state index is 0.131. The van der Waals surface area contributed by atoms with E-state index in [2.05, 4.69) is 39.1 Å². The summed E-state index contributed by atoms with van der Waals surface area (Å²) in [5, 5.41) is 10.7. The van der Waals surface area contributed by atoms with Crippen molar-refractivity contribution in [3.8, 4) is 5.75 Å². The summed E-state index contributed by atoms with van der Waals surface area (Å²) < 4.78 is 5.83. The predicted molar refractivity (Wildman–Crippen MR) is 117 cm³/mol. The number of aliphatic hydroxyl groups excluding tert-OH is 1. The molecule has 0 saturated carbocycles. The van der Waals surface area contributed by atoms with Crippen LogP contribution in [0.1, 0.15) is 11.1 Å². The number of aromatic nitrogens is 2. The molecule has 30 heavy (non-hydrogen) atoms. The fourth-order valence-corrected chi connectivity index (χ4v) is 3.56. The largest absolute Gasteiger partial charge is 0.489 e. The molecule has 1 aromatic heterocycles. The molecule has 0 radical (unpaired) electrons. The molecule has 0 spiro atoms. The molecule has 0 fully saturated rings. The molecule has 1 heterocycles. The highest BCUT2D eigenvalue weighted by Gasteiger charge is 2.15. The summed E-state index contributed by atoms with van der Waals surface area (Å²) in [7, 11) is 0. The lowest BCUT2D eigenvalue weighted by Gasteiger charge is -2.25. The minimum atomic E-state index is -0.682. The van der Waals surface area contributed by atoms with Gasteiger partial charge in [0, 0.05) is 19.6 Å². The van der Waals surface area contributed by atoms with Gasteiger partial charge < -0.3 is 19.8 Å². The average Bonchev–Trinajstić information content (AvgIpc) is 3.14. The minimum Gasteiger partial charge on any atom is -0.489 e. The second kappa shape index (κ2) is 9.43. The molecule has 6 nitrogen and oxygen atoms in total. The third-order valence-corrected chi connectivity index (χ3v) is 4.91. The van der Waals surface area contributed by atoms with Gasteiger partial charge >= 0.3 is 5.69 Å². The Bertz CT molecular complexity index is 1080. The van der Waals surface area contributed by atoms with E-state index in [0.29, 0.717) is 23.3 Å². The molecule has 0 aliphatic carbocycles. The van der Waals surface area contributed by atoms with Crippen molar-refractivity contribution in [1.82, 2.24) is 14.9 Å². The molecule has 0 saturated heterocycles. The van der Waals surface area contributed by atoms with Gasteiger partial charge in [-0.15, -0.1) is 0 Å². The number of H-pyrrole nitrogens is 2. The van der Waals surface area contributed by atoms with Crippen molar-refractivity contribution in [3.05, 3.63) is 100 Å². The van der Waals surface area contributed by atoms with E-state index in [1.165, 1.54) is 11.1 Å². The van der Waals surface area contributed by atoms with Crippen LogP contribution in [-0.4, -0.2) is 39.2 Å². The quantitative estimate of drug-likeness (QED) is 0.401. The Labute approximate surface area is 174 Å². The lowest BCUT2D eigenvalue weighted by molar-refractivity contribution is 0.0633. The summed E-state index contributed by atoms with van der Waals surface area (Å²) in [6, 6.07) is 25.8. The smallest absolute Gasteiger partial charge is 0.323 e. The third-order valence-electron chi connectivity index (χ3n) is 4.91. The molecule has 0 bridgehead atoms. The van der Waals surface area contributed by atoms with E-state index in [4.69, 9.17) is 4.74 Å². The van der Waals surface area contributed by atoms with Gasteiger partial charge in [-0.25, -0.2) is 4.79 Å². The van der Waals surface area contributed by atoms with Gasteiger partial charge in [-0.3, -0.25) is 4.90 Å². The second-order valence-corrected chi connectivity index (χ2v) is 7.36. The number of nitrogens with zero attached hydrogens (tertiary/aromatic N) is 1. The van der Waals surface area contributed by atoms with Crippen LogP contribution in [0.15, 0.2) is 83.7 Å². The number of rotatable bonds is 9. The summed E-state index contributed by atoms with van der Waals surface area (Å²) in [5.74, 6) is 0.544. The van der Waals surface area contributed by atoms with Gasteiger partial charge in [0.25, 0.3) is 0 Å². The molecular formula is C24H25N3O3. The van der Waals surface area contributed by atoms with E-state index in [1.54, 1.807) is 12.1 Å². The van der Waals surface area contributed by atoms with Crippen LogP contribution in [0.3, 0.4) is 0 Å². The number of fused-ring (bicyclic) bond motifs is 1. The van der Waals surface area contributed by atoms with Gasteiger partial charge in [-0.2, -0.15) is 0 Å². The highest BCUT2D eigenvalue weighted by Crippen LogP contribution is 2.21. The van der Waals surface area contributed by atoms with E-state index >= 15 is 0 Å². The van der Waals surface area contributed by atoms with Crippen LogP contribution in [0, 0.1) is 0 Å². The van der Waals surface area contributed by atoms with Crippen LogP contribution >= 0.6 is 0 Å². The Kier molecular flexibility index (Phi) is 6.27.